The third-order valence-electron chi connectivity index (χ3n) is 3.31. The quantitative estimate of drug-likeness (QED) is 0.305. The van der Waals surface area contributed by atoms with Gasteiger partial charge >= 0.3 is 0 Å². The van der Waals surface area contributed by atoms with Gasteiger partial charge in [-0.3, -0.25) is 4.79 Å². The molecule has 0 saturated carbocycles. The molecule has 3 N–H and O–H groups in total. The van der Waals surface area contributed by atoms with Gasteiger partial charge in [-0.2, -0.15) is 0 Å². The summed E-state index contributed by atoms with van der Waals surface area (Å²) in [4.78, 5) is 18.4. The van der Waals surface area contributed by atoms with Crippen LogP contribution in [0.25, 0.3) is 0 Å². The Morgan fingerprint density at radius 1 is 1.00 bits per heavy atom. The molecule has 0 aliphatic heterocycles. The summed E-state index contributed by atoms with van der Waals surface area (Å²) in [5, 5.41) is 9.39. The van der Waals surface area contributed by atoms with Crippen molar-refractivity contribution in [3.05, 3.63) is 0 Å². The lowest BCUT2D eigenvalue weighted by Crippen LogP contribution is -2.43. The van der Waals surface area contributed by atoms with Gasteiger partial charge in [0.1, 0.15) is 6.54 Å². The van der Waals surface area contributed by atoms with Gasteiger partial charge in [0, 0.05) is 18.6 Å². The molecule has 0 heterocycles. The monoisotopic (exact) mass is 341 g/mol. The summed E-state index contributed by atoms with van der Waals surface area (Å²) in [5.41, 5.74) is -0.217. The largest absolute Gasteiger partial charge is 0.357 e. The van der Waals surface area contributed by atoms with Crippen molar-refractivity contribution in [1.82, 2.24) is 20.9 Å². The predicted octanol–water partition coefficient (Wildman–Crippen LogP) is 1.97. The van der Waals surface area contributed by atoms with E-state index in [0.29, 0.717) is 5.96 Å². The van der Waals surface area contributed by atoms with E-state index in [9.17, 15) is 4.79 Å². The number of carbonyl (C=O) groups is 1. The molecule has 0 fully saturated rings. The number of hydrogen-bond acceptors (Lipinski definition) is 3. The van der Waals surface area contributed by atoms with E-state index in [0.717, 1.165) is 19.5 Å². The molecule has 0 saturated heterocycles. The van der Waals surface area contributed by atoms with E-state index in [4.69, 9.17) is 0 Å². The van der Waals surface area contributed by atoms with Gasteiger partial charge in [0.15, 0.2) is 5.96 Å². The van der Waals surface area contributed by atoms with E-state index in [2.05, 4.69) is 39.9 Å². The van der Waals surface area contributed by atoms with E-state index in [1.165, 1.54) is 32.2 Å². The number of unbranched alkanes of at least 4 members (excludes halogenated alkanes) is 4. The zero-order valence-electron chi connectivity index (χ0n) is 16.7. The Morgan fingerprint density at radius 3 is 2.21 bits per heavy atom. The van der Waals surface area contributed by atoms with Crippen LogP contribution in [0.3, 0.4) is 0 Å². The SMILES string of the molecule is CCNC(=NCC(=O)NC(C)(C)C)NCCCCCCCN(C)C. The molecule has 0 spiro atoms. The van der Waals surface area contributed by atoms with Gasteiger partial charge in [0.25, 0.3) is 0 Å². The molecule has 0 aromatic heterocycles. The van der Waals surface area contributed by atoms with Crippen molar-refractivity contribution in [3.8, 4) is 0 Å². The van der Waals surface area contributed by atoms with Crippen molar-refractivity contribution in [2.45, 2.75) is 65.3 Å². The van der Waals surface area contributed by atoms with Crippen LogP contribution in [0.2, 0.25) is 0 Å². The molecule has 0 bridgehead atoms. The molecule has 142 valence electrons. The van der Waals surface area contributed by atoms with E-state index < -0.39 is 0 Å². The fraction of sp³-hybridized carbons (Fsp3) is 0.889. The van der Waals surface area contributed by atoms with Crippen LogP contribution >= 0.6 is 0 Å². The van der Waals surface area contributed by atoms with Crippen LogP contribution in [-0.2, 0) is 4.79 Å². The van der Waals surface area contributed by atoms with E-state index in [-0.39, 0.29) is 18.0 Å². The Hall–Kier alpha value is -1.30. The highest BCUT2D eigenvalue weighted by atomic mass is 16.2. The Kier molecular flexibility index (Phi) is 12.3. The number of nitrogens with one attached hydrogen (secondary N) is 3. The van der Waals surface area contributed by atoms with E-state index in [1.807, 2.05) is 27.7 Å². The lowest BCUT2D eigenvalue weighted by molar-refractivity contribution is -0.121. The Balaban J connectivity index is 3.91. The topological polar surface area (TPSA) is 68.8 Å². The average Bonchev–Trinajstić information content (AvgIpc) is 2.45. The number of aliphatic imine (C=N–C) groups is 1. The van der Waals surface area contributed by atoms with Gasteiger partial charge in [-0.25, -0.2) is 4.99 Å². The normalized spacial score (nSPS) is 12.4. The standard InChI is InChI=1S/C18H39N5O/c1-7-19-17(21-15-16(24)22-18(2,3)4)20-13-11-9-8-10-12-14-23(5)6/h7-15H2,1-6H3,(H,22,24)(H2,19,20,21). The minimum atomic E-state index is -0.217. The second kappa shape index (κ2) is 13.0. The predicted molar refractivity (Wildman–Crippen MR) is 104 cm³/mol. The van der Waals surface area contributed by atoms with Crippen molar-refractivity contribution >= 4 is 11.9 Å². The maximum atomic E-state index is 11.8. The number of hydrogen-bond donors (Lipinski definition) is 3. The van der Waals surface area contributed by atoms with Gasteiger partial charge < -0.3 is 20.9 Å². The molecule has 0 aliphatic carbocycles. The van der Waals surface area contributed by atoms with Crippen molar-refractivity contribution in [2.75, 3.05) is 40.3 Å². The van der Waals surface area contributed by atoms with Gasteiger partial charge in [-0.15, -0.1) is 0 Å². The molecule has 6 heteroatoms. The first-order valence-electron chi connectivity index (χ1n) is 9.22. The molecule has 0 aromatic rings. The highest BCUT2D eigenvalue weighted by molar-refractivity contribution is 5.85. The Morgan fingerprint density at radius 2 is 1.62 bits per heavy atom. The summed E-state index contributed by atoms with van der Waals surface area (Å²) in [6.45, 7) is 10.9. The molecular formula is C18H39N5O. The number of nitrogens with zero attached hydrogens (tertiary/aromatic N) is 2. The minimum absolute atomic E-state index is 0.0550. The average molecular weight is 342 g/mol. The molecule has 0 rings (SSSR count). The summed E-state index contributed by atoms with van der Waals surface area (Å²) in [6.07, 6.45) is 6.19. The first kappa shape index (κ1) is 22.7. The third kappa shape index (κ3) is 15.6. The summed E-state index contributed by atoms with van der Waals surface area (Å²) < 4.78 is 0. The molecule has 0 aliphatic rings. The smallest absolute Gasteiger partial charge is 0.242 e. The lowest BCUT2D eigenvalue weighted by atomic mass is 10.1. The second-order valence-corrected chi connectivity index (χ2v) is 7.49. The van der Waals surface area contributed by atoms with Crippen LogP contribution in [0, 0.1) is 0 Å². The van der Waals surface area contributed by atoms with Crippen LogP contribution in [-0.4, -0.2) is 62.6 Å². The molecule has 24 heavy (non-hydrogen) atoms. The third-order valence-corrected chi connectivity index (χ3v) is 3.31. The van der Waals surface area contributed by atoms with Crippen molar-refractivity contribution in [3.63, 3.8) is 0 Å². The number of guanidine groups is 1. The van der Waals surface area contributed by atoms with Crippen LogP contribution < -0.4 is 16.0 Å². The Bertz CT molecular complexity index is 361. The molecule has 0 aromatic carbocycles. The number of rotatable bonds is 11. The molecular weight excluding hydrogens is 302 g/mol. The lowest BCUT2D eigenvalue weighted by Gasteiger charge is -2.20. The van der Waals surface area contributed by atoms with Crippen LogP contribution in [0.5, 0.6) is 0 Å². The highest BCUT2D eigenvalue weighted by Crippen LogP contribution is 2.02. The first-order chi connectivity index (χ1) is 11.2. The fourth-order valence-corrected chi connectivity index (χ4v) is 2.24. The minimum Gasteiger partial charge on any atom is -0.357 e. The van der Waals surface area contributed by atoms with Gasteiger partial charge in [-0.1, -0.05) is 19.3 Å². The van der Waals surface area contributed by atoms with E-state index >= 15 is 0 Å². The van der Waals surface area contributed by atoms with Gasteiger partial charge in [-0.05, 0) is 61.2 Å². The highest BCUT2D eigenvalue weighted by Gasteiger charge is 2.13. The zero-order valence-corrected chi connectivity index (χ0v) is 16.7. The molecule has 0 unspecified atom stereocenters. The summed E-state index contributed by atoms with van der Waals surface area (Å²) in [5.74, 6) is 0.662. The van der Waals surface area contributed by atoms with E-state index in [1.54, 1.807) is 0 Å². The maximum Gasteiger partial charge on any atom is 0.242 e. The van der Waals surface area contributed by atoms with Crippen molar-refractivity contribution < 1.29 is 4.79 Å². The number of carbonyl (C=O) groups excluding carboxylic acids is 1. The molecule has 1 amide bonds. The van der Waals surface area contributed by atoms with Crippen molar-refractivity contribution in [2.24, 2.45) is 4.99 Å². The van der Waals surface area contributed by atoms with Crippen molar-refractivity contribution in [1.29, 1.82) is 0 Å². The molecule has 6 nitrogen and oxygen atoms in total. The number of amides is 1. The van der Waals surface area contributed by atoms with Gasteiger partial charge in [0.05, 0.1) is 0 Å². The second-order valence-electron chi connectivity index (χ2n) is 7.49. The summed E-state index contributed by atoms with van der Waals surface area (Å²) in [6, 6.07) is 0. The molecule has 0 atom stereocenters. The zero-order chi connectivity index (χ0) is 18.4. The van der Waals surface area contributed by atoms with Gasteiger partial charge in [0.2, 0.25) is 5.91 Å². The Labute approximate surface area is 148 Å². The fourth-order valence-electron chi connectivity index (χ4n) is 2.24. The van der Waals surface area contributed by atoms with Crippen LogP contribution in [0.1, 0.15) is 59.8 Å². The first-order valence-corrected chi connectivity index (χ1v) is 9.22. The molecule has 0 radical (unpaired) electrons. The summed E-state index contributed by atoms with van der Waals surface area (Å²) >= 11 is 0. The van der Waals surface area contributed by atoms with Crippen LogP contribution in [0.15, 0.2) is 4.99 Å². The maximum absolute atomic E-state index is 11.8. The van der Waals surface area contributed by atoms with Crippen LogP contribution in [0.4, 0.5) is 0 Å². The summed E-state index contributed by atoms with van der Waals surface area (Å²) in [7, 11) is 4.24.